The Morgan fingerprint density at radius 1 is 0.774 bits per heavy atom. The third-order valence-electron chi connectivity index (χ3n) is 5.98. The van der Waals surface area contributed by atoms with Crippen LogP contribution >= 0.6 is 0 Å². The topological polar surface area (TPSA) is 54.0 Å². The van der Waals surface area contributed by atoms with E-state index in [0.717, 1.165) is 18.0 Å². The first-order chi connectivity index (χ1) is 14.6. The van der Waals surface area contributed by atoms with Crippen molar-refractivity contribution in [3.8, 4) is 0 Å². The van der Waals surface area contributed by atoms with E-state index in [1.54, 1.807) is 0 Å². The minimum Gasteiger partial charge on any atom is -0.515 e. The van der Waals surface area contributed by atoms with Crippen LogP contribution < -0.4 is 0 Å². The number of carbonyl (C=O) groups excluding carboxylic acids is 1. The molecule has 0 radical (unpaired) electrons. The maximum atomic E-state index is 13.0. The van der Waals surface area contributed by atoms with E-state index in [-0.39, 0.29) is 5.97 Å². The first-order valence-electron chi connectivity index (χ1n) is 11.8. The zero-order valence-electron chi connectivity index (χ0n) is 21.1. The summed E-state index contributed by atoms with van der Waals surface area (Å²) in [6.45, 7) is 20.8. The predicted octanol–water partition coefficient (Wildman–Crippen LogP) is 6.61. The quantitative estimate of drug-likeness (QED) is 0.288. The summed E-state index contributed by atoms with van der Waals surface area (Å²) in [5.74, 6) is -0.198. The van der Waals surface area contributed by atoms with E-state index in [2.05, 4.69) is 41.5 Å². The minimum absolute atomic E-state index is 0.198. The van der Waals surface area contributed by atoms with E-state index >= 15 is 0 Å². The SMILES string of the molecule is CCO[Si](CCc1ccc(C(=O)O[Si](C(C)C)(C(C)C)C(C)C)cc1)(OCC)OCC. The number of hydrogen-bond donors (Lipinski definition) is 0. The summed E-state index contributed by atoms with van der Waals surface area (Å²) in [7, 11) is -4.92. The Morgan fingerprint density at radius 3 is 1.55 bits per heavy atom. The molecular formula is C24H44O5Si2. The summed E-state index contributed by atoms with van der Waals surface area (Å²) < 4.78 is 24.1. The molecule has 0 heterocycles. The standard InChI is InChI=1S/C24H44O5Si2/c1-10-26-30(27-11-2,28-12-3)18-17-22-13-15-23(16-14-22)24(25)29-31(19(4)5,20(6)7)21(8)9/h13-16,19-21H,10-12,17-18H2,1-9H3. The lowest BCUT2D eigenvalue weighted by Gasteiger charge is -2.41. The van der Waals surface area contributed by atoms with Gasteiger partial charge in [0, 0.05) is 25.9 Å². The largest absolute Gasteiger partial charge is 0.515 e. The summed E-state index contributed by atoms with van der Waals surface area (Å²) in [4.78, 5) is 13.0. The summed E-state index contributed by atoms with van der Waals surface area (Å²) in [6, 6.07) is 8.48. The second-order valence-electron chi connectivity index (χ2n) is 8.89. The zero-order valence-corrected chi connectivity index (χ0v) is 23.1. The van der Waals surface area contributed by atoms with Crippen LogP contribution in [0.1, 0.15) is 78.2 Å². The van der Waals surface area contributed by atoms with Gasteiger partial charge in [0.1, 0.15) is 0 Å². The lowest BCUT2D eigenvalue weighted by atomic mass is 10.1. The van der Waals surface area contributed by atoms with E-state index in [0.29, 0.717) is 42.0 Å². The van der Waals surface area contributed by atoms with E-state index < -0.39 is 17.1 Å². The normalized spacial score (nSPS) is 12.8. The Hall–Kier alpha value is -0.996. The van der Waals surface area contributed by atoms with Crippen molar-refractivity contribution in [2.75, 3.05) is 19.8 Å². The van der Waals surface area contributed by atoms with Gasteiger partial charge in [-0.25, -0.2) is 4.79 Å². The van der Waals surface area contributed by atoms with Crippen molar-refractivity contribution in [3.63, 3.8) is 0 Å². The molecule has 1 rings (SSSR count). The molecule has 0 saturated heterocycles. The van der Waals surface area contributed by atoms with Crippen molar-refractivity contribution in [1.29, 1.82) is 0 Å². The van der Waals surface area contributed by atoms with Gasteiger partial charge in [0.15, 0.2) is 0 Å². The highest BCUT2D eigenvalue weighted by Crippen LogP contribution is 2.42. The zero-order chi connectivity index (χ0) is 23.7. The molecule has 1 aromatic carbocycles. The van der Waals surface area contributed by atoms with Crippen LogP contribution in [0.5, 0.6) is 0 Å². The van der Waals surface area contributed by atoms with Gasteiger partial charge in [-0.3, -0.25) is 0 Å². The van der Waals surface area contributed by atoms with Crippen LogP contribution in [0.25, 0.3) is 0 Å². The van der Waals surface area contributed by atoms with Crippen LogP contribution in [-0.2, 0) is 24.1 Å². The van der Waals surface area contributed by atoms with Crippen LogP contribution in [0.2, 0.25) is 22.7 Å². The number of hydrogen-bond acceptors (Lipinski definition) is 5. The smallest absolute Gasteiger partial charge is 0.501 e. The van der Waals surface area contributed by atoms with Crippen molar-refractivity contribution in [2.45, 2.75) is 91.4 Å². The molecule has 0 aliphatic rings. The van der Waals surface area contributed by atoms with Gasteiger partial charge < -0.3 is 17.7 Å². The van der Waals surface area contributed by atoms with E-state index in [1.807, 2.05) is 45.0 Å². The molecule has 0 N–H and O–H groups in total. The monoisotopic (exact) mass is 468 g/mol. The Bertz CT molecular complexity index is 620. The van der Waals surface area contributed by atoms with Gasteiger partial charge in [-0.05, 0) is 61.5 Å². The highest BCUT2D eigenvalue weighted by atomic mass is 28.4. The highest BCUT2D eigenvalue weighted by molar-refractivity contribution is 6.79. The Morgan fingerprint density at radius 2 is 1.19 bits per heavy atom. The molecule has 0 atom stereocenters. The Labute approximate surface area is 192 Å². The average Bonchev–Trinajstić information content (AvgIpc) is 2.70. The minimum atomic E-state index is -2.67. The first kappa shape index (κ1) is 28.0. The predicted molar refractivity (Wildman–Crippen MR) is 132 cm³/mol. The fourth-order valence-corrected chi connectivity index (χ4v) is 12.4. The van der Waals surface area contributed by atoms with Gasteiger partial charge in [0.25, 0.3) is 8.32 Å². The van der Waals surface area contributed by atoms with Crippen LogP contribution in [-0.4, -0.2) is 42.9 Å². The van der Waals surface area contributed by atoms with Crippen molar-refractivity contribution < 1.29 is 22.5 Å². The molecule has 0 saturated carbocycles. The number of rotatable bonds is 14. The molecule has 1 aromatic rings. The number of benzene rings is 1. The third-order valence-corrected chi connectivity index (χ3v) is 15.0. The Balaban J connectivity index is 2.94. The lowest BCUT2D eigenvalue weighted by Crippen LogP contribution is -2.49. The van der Waals surface area contributed by atoms with Crippen LogP contribution in [0.15, 0.2) is 24.3 Å². The summed E-state index contributed by atoms with van der Waals surface area (Å²) in [6.07, 6.45) is 0.782. The van der Waals surface area contributed by atoms with Gasteiger partial charge in [-0.2, -0.15) is 0 Å². The third kappa shape index (κ3) is 7.25. The van der Waals surface area contributed by atoms with Crippen molar-refractivity contribution in [2.24, 2.45) is 0 Å². The number of aryl methyl sites for hydroxylation is 1. The molecular weight excluding hydrogens is 424 g/mol. The van der Waals surface area contributed by atoms with Gasteiger partial charge in [0.2, 0.25) is 0 Å². The van der Waals surface area contributed by atoms with Gasteiger partial charge in [-0.1, -0.05) is 53.7 Å². The molecule has 0 aliphatic heterocycles. The maximum absolute atomic E-state index is 13.0. The highest BCUT2D eigenvalue weighted by Gasteiger charge is 2.48. The molecule has 5 nitrogen and oxygen atoms in total. The second-order valence-corrected chi connectivity index (χ2v) is 17.0. The van der Waals surface area contributed by atoms with Crippen LogP contribution in [0.3, 0.4) is 0 Å². The molecule has 0 unspecified atom stereocenters. The molecule has 0 aliphatic carbocycles. The average molecular weight is 469 g/mol. The lowest BCUT2D eigenvalue weighted by molar-refractivity contribution is 0.0698. The molecule has 0 spiro atoms. The Kier molecular flexibility index (Phi) is 11.7. The van der Waals surface area contributed by atoms with Gasteiger partial charge in [0.05, 0.1) is 5.56 Å². The van der Waals surface area contributed by atoms with Crippen LogP contribution in [0.4, 0.5) is 0 Å². The van der Waals surface area contributed by atoms with E-state index in [9.17, 15) is 4.79 Å². The molecule has 0 bridgehead atoms. The molecule has 178 valence electrons. The summed E-state index contributed by atoms with van der Waals surface area (Å²) >= 11 is 0. The molecule has 31 heavy (non-hydrogen) atoms. The van der Waals surface area contributed by atoms with Crippen molar-refractivity contribution in [1.82, 2.24) is 0 Å². The van der Waals surface area contributed by atoms with E-state index in [4.69, 9.17) is 17.7 Å². The summed E-state index contributed by atoms with van der Waals surface area (Å²) in [5.41, 5.74) is 2.84. The summed E-state index contributed by atoms with van der Waals surface area (Å²) in [5, 5.41) is 0. The number of carbonyl (C=O) groups is 1. The van der Waals surface area contributed by atoms with Crippen molar-refractivity contribution in [3.05, 3.63) is 35.4 Å². The van der Waals surface area contributed by atoms with Crippen LogP contribution in [0, 0.1) is 0 Å². The molecule has 0 fully saturated rings. The maximum Gasteiger partial charge on any atom is 0.501 e. The first-order valence-corrected chi connectivity index (χ1v) is 15.9. The molecule has 0 aromatic heterocycles. The van der Waals surface area contributed by atoms with Gasteiger partial charge in [-0.15, -0.1) is 0 Å². The molecule has 0 amide bonds. The van der Waals surface area contributed by atoms with E-state index in [1.165, 1.54) is 0 Å². The fraction of sp³-hybridized carbons (Fsp3) is 0.708. The van der Waals surface area contributed by atoms with Crippen molar-refractivity contribution >= 4 is 23.1 Å². The van der Waals surface area contributed by atoms with Gasteiger partial charge >= 0.3 is 14.8 Å². The molecule has 7 heteroatoms. The fourth-order valence-electron chi connectivity index (χ4n) is 4.68. The second kappa shape index (κ2) is 12.9.